The maximum Gasteiger partial charge on any atom is 0.294 e. The molecule has 1 aromatic heterocycles. The highest BCUT2D eigenvalue weighted by Gasteiger charge is 2.15. The van der Waals surface area contributed by atoms with E-state index in [2.05, 4.69) is 5.10 Å². The fourth-order valence-electron chi connectivity index (χ4n) is 1.52. The van der Waals surface area contributed by atoms with E-state index in [1.807, 2.05) is 0 Å². The van der Waals surface area contributed by atoms with Gasteiger partial charge >= 0.3 is 0 Å². The van der Waals surface area contributed by atoms with Crippen LogP contribution in [-0.4, -0.2) is 21.0 Å². The van der Waals surface area contributed by atoms with E-state index in [0.29, 0.717) is 23.2 Å². The fraction of sp³-hybridized carbons (Fsp3) is 0.0909. The molecule has 1 aromatic carbocycles. The van der Waals surface area contributed by atoms with Crippen LogP contribution in [0.25, 0.3) is 5.69 Å². The maximum absolute atomic E-state index is 10.9. The van der Waals surface area contributed by atoms with Crippen molar-refractivity contribution in [2.45, 2.75) is 6.92 Å². The van der Waals surface area contributed by atoms with Crippen LogP contribution in [-0.2, 0) is 0 Å². The van der Waals surface area contributed by atoms with Crippen LogP contribution in [0.15, 0.2) is 30.5 Å². The van der Waals surface area contributed by atoms with Gasteiger partial charge in [-0.05, 0) is 13.0 Å². The summed E-state index contributed by atoms with van der Waals surface area (Å²) in [6.45, 7) is 1.68. The number of para-hydroxylation sites is 2. The number of nitro benzene ring substituents is 1. The zero-order valence-corrected chi connectivity index (χ0v) is 9.03. The number of hydrogen-bond acceptors (Lipinski definition) is 4. The van der Waals surface area contributed by atoms with E-state index in [4.69, 9.17) is 0 Å². The van der Waals surface area contributed by atoms with E-state index in [1.54, 1.807) is 25.1 Å². The molecule has 0 spiro atoms. The number of hydrogen-bond donors (Lipinski definition) is 0. The largest absolute Gasteiger partial charge is 0.298 e. The van der Waals surface area contributed by atoms with E-state index >= 15 is 0 Å². The van der Waals surface area contributed by atoms with Crippen LogP contribution >= 0.6 is 0 Å². The van der Waals surface area contributed by atoms with Crippen LogP contribution < -0.4 is 0 Å². The van der Waals surface area contributed by atoms with Crippen LogP contribution in [0.2, 0.25) is 0 Å². The summed E-state index contributed by atoms with van der Waals surface area (Å²) in [4.78, 5) is 21.1. The summed E-state index contributed by atoms with van der Waals surface area (Å²) < 4.78 is 1.34. The lowest BCUT2D eigenvalue weighted by molar-refractivity contribution is -0.384. The van der Waals surface area contributed by atoms with Crippen molar-refractivity contribution in [2.75, 3.05) is 0 Å². The van der Waals surface area contributed by atoms with Gasteiger partial charge in [-0.25, -0.2) is 4.68 Å². The molecule has 2 aromatic rings. The van der Waals surface area contributed by atoms with Crippen molar-refractivity contribution in [3.05, 3.63) is 51.8 Å². The molecular weight excluding hydrogens is 222 g/mol. The number of nitrogens with zero attached hydrogens (tertiary/aromatic N) is 3. The number of carbonyl (C=O) groups is 1. The molecule has 0 unspecified atom stereocenters. The molecule has 0 radical (unpaired) electrons. The van der Waals surface area contributed by atoms with E-state index < -0.39 is 4.92 Å². The zero-order valence-electron chi connectivity index (χ0n) is 9.03. The first-order valence-electron chi connectivity index (χ1n) is 4.88. The third-order valence-corrected chi connectivity index (χ3v) is 2.39. The minimum atomic E-state index is -0.479. The van der Waals surface area contributed by atoms with E-state index in [0.717, 1.165) is 0 Å². The molecule has 1 heterocycles. The Labute approximate surface area is 96.6 Å². The van der Waals surface area contributed by atoms with Gasteiger partial charge in [-0.3, -0.25) is 14.9 Å². The Morgan fingerprint density at radius 1 is 1.41 bits per heavy atom. The molecule has 86 valence electrons. The third kappa shape index (κ3) is 1.92. The number of aldehydes is 1. The van der Waals surface area contributed by atoms with Crippen molar-refractivity contribution in [1.82, 2.24) is 9.78 Å². The minimum absolute atomic E-state index is 0.0487. The molecular formula is C11H9N3O3. The molecule has 0 amide bonds. The summed E-state index contributed by atoms with van der Waals surface area (Å²) >= 11 is 0. The molecule has 0 saturated heterocycles. The molecule has 0 aliphatic carbocycles. The van der Waals surface area contributed by atoms with Crippen molar-refractivity contribution < 1.29 is 9.72 Å². The van der Waals surface area contributed by atoms with Crippen LogP contribution in [0.1, 0.15) is 16.1 Å². The summed E-state index contributed by atoms with van der Waals surface area (Å²) in [7, 11) is 0. The first kappa shape index (κ1) is 11.0. The Kier molecular flexibility index (Phi) is 2.70. The van der Waals surface area contributed by atoms with Crippen LogP contribution in [0, 0.1) is 17.0 Å². The number of nitro groups is 1. The molecule has 0 fully saturated rings. The summed E-state index contributed by atoms with van der Waals surface area (Å²) in [5.74, 6) is 0. The minimum Gasteiger partial charge on any atom is -0.298 e. The lowest BCUT2D eigenvalue weighted by atomic mass is 10.2. The van der Waals surface area contributed by atoms with Crippen molar-refractivity contribution in [3.63, 3.8) is 0 Å². The molecule has 0 aliphatic heterocycles. The Bertz CT molecular complexity index is 589. The number of aromatic nitrogens is 2. The Morgan fingerprint density at radius 2 is 2.12 bits per heavy atom. The number of aryl methyl sites for hydroxylation is 1. The SMILES string of the molecule is Cc1nn(-c2ccccc2[N+](=O)[O-])cc1C=O. The van der Waals surface area contributed by atoms with E-state index in [9.17, 15) is 14.9 Å². The standard InChI is InChI=1S/C11H9N3O3/c1-8-9(7-15)6-13(12-8)10-4-2-3-5-11(10)14(16)17/h2-7H,1H3. The second-order valence-electron chi connectivity index (χ2n) is 3.48. The number of benzene rings is 1. The normalized spacial score (nSPS) is 10.2. The Hall–Kier alpha value is -2.50. The van der Waals surface area contributed by atoms with Gasteiger partial charge in [0.15, 0.2) is 6.29 Å². The highest BCUT2D eigenvalue weighted by Crippen LogP contribution is 2.22. The highest BCUT2D eigenvalue weighted by atomic mass is 16.6. The quantitative estimate of drug-likeness (QED) is 0.459. The van der Waals surface area contributed by atoms with Crippen molar-refractivity contribution in [2.24, 2.45) is 0 Å². The van der Waals surface area contributed by atoms with Crippen LogP contribution in [0.4, 0.5) is 5.69 Å². The number of carbonyl (C=O) groups excluding carboxylic acids is 1. The van der Waals surface area contributed by atoms with Gasteiger partial charge in [0, 0.05) is 12.3 Å². The summed E-state index contributed by atoms with van der Waals surface area (Å²) in [5.41, 5.74) is 1.25. The molecule has 0 atom stereocenters. The molecule has 0 saturated carbocycles. The van der Waals surface area contributed by atoms with E-state index in [-0.39, 0.29) is 5.69 Å². The van der Waals surface area contributed by atoms with Gasteiger partial charge in [0.25, 0.3) is 5.69 Å². The van der Waals surface area contributed by atoms with Gasteiger partial charge in [-0.2, -0.15) is 5.10 Å². The molecule has 6 nitrogen and oxygen atoms in total. The van der Waals surface area contributed by atoms with Gasteiger partial charge in [-0.15, -0.1) is 0 Å². The molecule has 2 rings (SSSR count). The van der Waals surface area contributed by atoms with Gasteiger partial charge in [-0.1, -0.05) is 12.1 Å². The van der Waals surface area contributed by atoms with Gasteiger partial charge in [0.2, 0.25) is 0 Å². The maximum atomic E-state index is 10.9. The number of rotatable bonds is 3. The molecule has 17 heavy (non-hydrogen) atoms. The first-order valence-corrected chi connectivity index (χ1v) is 4.88. The van der Waals surface area contributed by atoms with Crippen molar-refractivity contribution in [3.8, 4) is 5.69 Å². The average Bonchev–Trinajstić information content (AvgIpc) is 2.70. The molecule has 0 N–H and O–H groups in total. The summed E-state index contributed by atoms with van der Waals surface area (Å²) in [6, 6.07) is 6.24. The average molecular weight is 231 g/mol. The Morgan fingerprint density at radius 3 is 2.71 bits per heavy atom. The van der Waals surface area contributed by atoms with Gasteiger partial charge < -0.3 is 0 Å². The monoisotopic (exact) mass is 231 g/mol. The fourth-order valence-corrected chi connectivity index (χ4v) is 1.52. The lowest BCUT2D eigenvalue weighted by Crippen LogP contribution is -2.00. The van der Waals surface area contributed by atoms with Gasteiger partial charge in [0.1, 0.15) is 5.69 Å². The molecule has 0 aliphatic rings. The molecule has 6 heteroatoms. The highest BCUT2D eigenvalue weighted by molar-refractivity contribution is 5.76. The predicted molar refractivity (Wildman–Crippen MR) is 60.3 cm³/mol. The van der Waals surface area contributed by atoms with Crippen LogP contribution in [0.5, 0.6) is 0 Å². The second kappa shape index (κ2) is 4.17. The second-order valence-corrected chi connectivity index (χ2v) is 3.48. The molecule has 0 bridgehead atoms. The zero-order chi connectivity index (χ0) is 12.4. The predicted octanol–water partition coefficient (Wildman–Crippen LogP) is 1.90. The topological polar surface area (TPSA) is 78.0 Å². The van der Waals surface area contributed by atoms with E-state index in [1.165, 1.54) is 16.9 Å². The lowest BCUT2D eigenvalue weighted by Gasteiger charge is -2.01. The van der Waals surface area contributed by atoms with Crippen molar-refractivity contribution >= 4 is 12.0 Å². The smallest absolute Gasteiger partial charge is 0.294 e. The van der Waals surface area contributed by atoms with Gasteiger partial charge in [0.05, 0.1) is 16.2 Å². The third-order valence-electron chi connectivity index (χ3n) is 2.39. The first-order chi connectivity index (χ1) is 8.13. The summed E-state index contributed by atoms with van der Waals surface area (Å²) in [6.07, 6.45) is 2.15. The van der Waals surface area contributed by atoms with Crippen LogP contribution in [0.3, 0.4) is 0 Å². The summed E-state index contributed by atoms with van der Waals surface area (Å²) in [5, 5.41) is 14.9. The Balaban J connectivity index is 2.59. The van der Waals surface area contributed by atoms with Crippen molar-refractivity contribution in [1.29, 1.82) is 0 Å².